The second-order valence-corrected chi connectivity index (χ2v) is 4.30. The molecule has 0 aromatic heterocycles. The summed E-state index contributed by atoms with van der Waals surface area (Å²) in [7, 11) is 1.42. The van der Waals surface area contributed by atoms with Crippen LogP contribution in [-0.2, 0) is 16.0 Å². The van der Waals surface area contributed by atoms with Gasteiger partial charge in [-0.3, -0.25) is 4.79 Å². The van der Waals surface area contributed by atoms with Gasteiger partial charge < -0.3 is 15.4 Å². The SMILES string of the molecule is COC(=O)CCN1CCCc2ccc(N)cc21. The van der Waals surface area contributed by atoms with Crippen molar-refractivity contribution in [3.63, 3.8) is 0 Å². The van der Waals surface area contributed by atoms with E-state index in [1.165, 1.54) is 18.4 Å². The van der Waals surface area contributed by atoms with Crippen molar-refractivity contribution in [3.8, 4) is 0 Å². The van der Waals surface area contributed by atoms with Gasteiger partial charge in [0.1, 0.15) is 0 Å². The molecule has 0 saturated heterocycles. The van der Waals surface area contributed by atoms with Gasteiger partial charge in [-0.2, -0.15) is 0 Å². The number of nitrogens with two attached hydrogens (primary N) is 1. The summed E-state index contributed by atoms with van der Waals surface area (Å²) in [5.74, 6) is -0.166. The first kappa shape index (κ1) is 11.8. The lowest BCUT2D eigenvalue weighted by Crippen LogP contribution is -2.31. The van der Waals surface area contributed by atoms with Gasteiger partial charge in [-0.15, -0.1) is 0 Å². The summed E-state index contributed by atoms with van der Waals surface area (Å²) in [6.07, 6.45) is 2.63. The summed E-state index contributed by atoms with van der Waals surface area (Å²) in [5.41, 5.74) is 9.06. The summed E-state index contributed by atoms with van der Waals surface area (Å²) in [4.78, 5) is 13.4. The average Bonchev–Trinajstić information content (AvgIpc) is 2.35. The maximum atomic E-state index is 11.2. The molecule has 2 N–H and O–H groups in total. The van der Waals surface area contributed by atoms with Crippen molar-refractivity contribution in [2.75, 3.05) is 30.8 Å². The van der Waals surface area contributed by atoms with E-state index in [1.807, 2.05) is 12.1 Å². The number of methoxy groups -OCH3 is 1. The van der Waals surface area contributed by atoms with Gasteiger partial charge in [0.25, 0.3) is 0 Å². The number of rotatable bonds is 3. The number of nitrogens with zero attached hydrogens (tertiary/aromatic N) is 1. The number of ether oxygens (including phenoxy) is 1. The second-order valence-electron chi connectivity index (χ2n) is 4.30. The van der Waals surface area contributed by atoms with Crippen LogP contribution in [-0.4, -0.2) is 26.2 Å². The fraction of sp³-hybridized carbons (Fsp3) is 0.462. The number of hydrogen-bond donors (Lipinski definition) is 1. The van der Waals surface area contributed by atoms with E-state index in [-0.39, 0.29) is 5.97 Å². The Morgan fingerprint density at radius 1 is 1.53 bits per heavy atom. The third-order valence-electron chi connectivity index (χ3n) is 3.14. The quantitative estimate of drug-likeness (QED) is 0.637. The summed E-state index contributed by atoms with van der Waals surface area (Å²) in [6, 6.07) is 6.00. The van der Waals surface area contributed by atoms with Gasteiger partial charge in [0.05, 0.1) is 13.5 Å². The van der Waals surface area contributed by atoms with E-state index in [0.717, 1.165) is 25.1 Å². The lowest BCUT2D eigenvalue weighted by atomic mass is 10.0. The molecule has 0 radical (unpaired) electrons. The molecule has 17 heavy (non-hydrogen) atoms. The van der Waals surface area contributed by atoms with Gasteiger partial charge in [-0.1, -0.05) is 6.07 Å². The minimum Gasteiger partial charge on any atom is -0.469 e. The van der Waals surface area contributed by atoms with Crippen LogP contribution in [0.3, 0.4) is 0 Å². The van der Waals surface area contributed by atoms with Crippen LogP contribution in [0.4, 0.5) is 11.4 Å². The highest BCUT2D eigenvalue weighted by Gasteiger charge is 2.17. The largest absolute Gasteiger partial charge is 0.469 e. The topological polar surface area (TPSA) is 55.6 Å². The number of carbonyl (C=O) groups is 1. The molecule has 0 fully saturated rings. The molecule has 1 aromatic rings. The Balaban J connectivity index is 2.11. The third-order valence-corrected chi connectivity index (χ3v) is 3.14. The van der Waals surface area contributed by atoms with E-state index in [0.29, 0.717) is 13.0 Å². The predicted molar refractivity (Wildman–Crippen MR) is 68.0 cm³/mol. The Morgan fingerprint density at radius 3 is 3.12 bits per heavy atom. The lowest BCUT2D eigenvalue weighted by molar-refractivity contribution is -0.140. The van der Waals surface area contributed by atoms with Crippen molar-refractivity contribution in [2.24, 2.45) is 0 Å². The van der Waals surface area contributed by atoms with Crippen LogP contribution in [0.2, 0.25) is 0 Å². The van der Waals surface area contributed by atoms with E-state index >= 15 is 0 Å². The van der Waals surface area contributed by atoms with Crippen molar-refractivity contribution < 1.29 is 9.53 Å². The van der Waals surface area contributed by atoms with Crippen molar-refractivity contribution in [3.05, 3.63) is 23.8 Å². The minimum atomic E-state index is -0.166. The molecular formula is C13H18N2O2. The van der Waals surface area contributed by atoms with Gasteiger partial charge in [-0.25, -0.2) is 0 Å². The molecule has 0 spiro atoms. The number of fused-ring (bicyclic) bond motifs is 1. The third kappa shape index (κ3) is 2.70. The summed E-state index contributed by atoms with van der Waals surface area (Å²) < 4.78 is 4.66. The Kier molecular flexibility index (Phi) is 3.52. The molecule has 0 saturated carbocycles. The van der Waals surface area contributed by atoms with Crippen LogP contribution in [0.1, 0.15) is 18.4 Å². The van der Waals surface area contributed by atoms with Gasteiger partial charge in [0, 0.05) is 24.5 Å². The summed E-state index contributed by atoms with van der Waals surface area (Å²) in [5, 5.41) is 0. The zero-order valence-electron chi connectivity index (χ0n) is 10.1. The maximum Gasteiger partial charge on any atom is 0.307 e. The molecule has 0 amide bonds. The van der Waals surface area contributed by atoms with E-state index < -0.39 is 0 Å². The van der Waals surface area contributed by atoms with E-state index in [2.05, 4.69) is 15.7 Å². The normalized spacial score (nSPS) is 14.3. The molecule has 2 rings (SSSR count). The highest BCUT2D eigenvalue weighted by Crippen LogP contribution is 2.29. The van der Waals surface area contributed by atoms with Gasteiger partial charge in [-0.05, 0) is 30.5 Å². The van der Waals surface area contributed by atoms with Crippen molar-refractivity contribution >= 4 is 17.3 Å². The van der Waals surface area contributed by atoms with Crippen molar-refractivity contribution in [2.45, 2.75) is 19.3 Å². The Labute approximate surface area is 101 Å². The molecule has 0 unspecified atom stereocenters. The number of esters is 1. The highest BCUT2D eigenvalue weighted by atomic mass is 16.5. The zero-order valence-corrected chi connectivity index (χ0v) is 10.1. The summed E-state index contributed by atoms with van der Waals surface area (Å²) >= 11 is 0. The molecule has 1 aliphatic rings. The number of anilines is 2. The number of nitrogen functional groups attached to an aromatic ring is 1. The minimum absolute atomic E-state index is 0.166. The maximum absolute atomic E-state index is 11.2. The molecule has 4 heteroatoms. The molecule has 92 valence electrons. The Hall–Kier alpha value is -1.71. The fourth-order valence-corrected chi connectivity index (χ4v) is 2.23. The average molecular weight is 234 g/mol. The smallest absolute Gasteiger partial charge is 0.307 e. The van der Waals surface area contributed by atoms with E-state index in [9.17, 15) is 4.79 Å². The van der Waals surface area contributed by atoms with Crippen LogP contribution in [0.15, 0.2) is 18.2 Å². The molecule has 1 aromatic carbocycles. The van der Waals surface area contributed by atoms with Crippen LogP contribution >= 0.6 is 0 Å². The molecule has 0 bridgehead atoms. The Bertz CT molecular complexity index is 418. The van der Waals surface area contributed by atoms with Crippen LogP contribution < -0.4 is 10.6 Å². The molecule has 0 aliphatic carbocycles. The lowest BCUT2D eigenvalue weighted by Gasteiger charge is -2.31. The van der Waals surface area contributed by atoms with E-state index in [1.54, 1.807) is 0 Å². The van der Waals surface area contributed by atoms with Crippen LogP contribution in [0.5, 0.6) is 0 Å². The van der Waals surface area contributed by atoms with Gasteiger partial charge >= 0.3 is 5.97 Å². The van der Waals surface area contributed by atoms with E-state index in [4.69, 9.17) is 5.73 Å². The molecule has 1 aliphatic heterocycles. The fourth-order valence-electron chi connectivity index (χ4n) is 2.23. The molecular weight excluding hydrogens is 216 g/mol. The molecule has 0 atom stereocenters. The first-order valence-corrected chi connectivity index (χ1v) is 5.91. The number of benzene rings is 1. The highest BCUT2D eigenvalue weighted by molar-refractivity contribution is 5.70. The second kappa shape index (κ2) is 5.08. The summed E-state index contributed by atoms with van der Waals surface area (Å²) in [6.45, 7) is 1.68. The Morgan fingerprint density at radius 2 is 2.35 bits per heavy atom. The van der Waals surface area contributed by atoms with Gasteiger partial charge in [0.2, 0.25) is 0 Å². The predicted octanol–water partition coefficient (Wildman–Crippen LogP) is 1.58. The van der Waals surface area contributed by atoms with Gasteiger partial charge in [0.15, 0.2) is 0 Å². The van der Waals surface area contributed by atoms with Crippen LogP contribution in [0, 0.1) is 0 Å². The monoisotopic (exact) mass is 234 g/mol. The van der Waals surface area contributed by atoms with Crippen molar-refractivity contribution in [1.82, 2.24) is 0 Å². The zero-order chi connectivity index (χ0) is 12.3. The first-order chi connectivity index (χ1) is 8.20. The standard InChI is InChI=1S/C13H18N2O2/c1-17-13(16)6-8-15-7-2-3-10-4-5-11(14)9-12(10)15/h4-5,9H,2-3,6-8,14H2,1H3. The molecule has 4 nitrogen and oxygen atoms in total. The first-order valence-electron chi connectivity index (χ1n) is 5.91. The van der Waals surface area contributed by atoms with Crippen LogP contribution in [0.25, 0.3) is 0 Å². The van der Waals surface area contributed by atoms with Crippen molar-refractivity contribution in [1.29, 1.82) is 0 Å². The number of carbonyl (C=O) groups excluding carboxylic acids is 1. The number of hydrogen-bond acceptors (Lipinski definition) is 4. The number of aryl methyl sites for hydroxylation is 1. The molecule has 1 heterocycles.